The molecule has 14 heavy (non-hydrogen) atoms. The number of aromatic nitrogens is 1. The molecule has 0 atom stereocenters. The van der Waals surface area contributed by atoms with Crippen molar-refractivity contribution in [3.8, 4) is 0 Å². The highest BCUT2D eigenvalue weighted by molar-refractivity contribution is 9.10. The van der Waals surface area contributed by atoms with Crippen LogP contribution in [0.5, 0.6) is 0 Å². The summed E-state index contributed by atoms with van der Waals surface area (Å²) in [4.78, 5) is 14.3. The first kappa shape index (κ1) is 11.3. The van der Waals surface area contributed by atoms with E-state index in [0.29, 0.717) is 5.75 Å². The molecule has 0 aliphatic carbocycles. The monoisotopic (exact) mass is 273 g/mol. The Labute approximate surface area is 94.4 Å². The van der Waals surface area contributed by atoms with Crippen LogP contribution in [0.25, 0.3) is 0 Å². The fourth-order valence-corrected chi connectivity index (χ4v) is 1.62. The van der Waals surface area contributed by atoms with Crippen LogP contribution in [0.3, 0.4) is 0 Å². The van der Waals surface area contributed by atoms with Gasteiger partial charge in [0.05, 0.1) is 5.03 Å². The molecule has 1 N–H and O–H groups in total. The summed E-state index contributed by atoms with van der Waals surface area (Å²) < 4.78 is 0.933. The molecule has 1 aromatic heterocycles. The quantitative estimate of drug-likeness (QED) is 0.677. The first-order chi connectivity index (χ1) is 6.68. The maximum absolute atomic E-state index is 10.1. The number of thioether (sulfide) groups is 1. The van der Waals surface area contributed by atoms with Crippen molar-refractivity contribution in [1.29, 1.82) is 0 Å². The highest BCUT2D eigenvalue weighted by atomic mass is 79.9. The Balaban J connectivity index is 2.39. The Bertz CT molecular complexity index is 337. The lowest BCUT2D eigenvalue weighted by atomic mass is 10.5. The molecule has 0 aliphatic heterocycles. The number of pyridine rings is 1. The second-order valence-corrected chi connectivity index (χ2v) is 4.32. The molecule has 0 bridgehead atoms. The van der Waals surface area contributed by atoms with E-state index in [1.807, 2.05) is 12.1 Å². The van der Waals surface area contributed by atoms with Gasteiger partial charge in [0.25, 0.3) is 0 Å². The number of carboxylic acid groups (broad SMARTS) is 1. The average molecular weight is 274 g/mol. The number of rotatable bonds is 4. The van der Waals surface area contributed by atoms with Gasteiger partial charge in [-0.25, -0.2) is 9.78 Å². The zero-order chi connectivity index (χ0) is 10.4. The molecule has 0 radical (unpaired) electrons. The number of hydrogen-bond acceptors (Lipinski definition) is 3. The molecule has 0 amide bonds. The van der Waals surface area contributed by atoms with E-state index in [1.54, 1.807) is 12.3 Å². The molecule has 5 heteroatoms. The molecule has 3 nitrogen and oxygen atoms in total. The Hall–Kier alpha value is -0.810. The summed E-state index contributed by atoms with van der Waals surface area (Å²) >= 11 is 4.77. The largest absolute Gasteiger partial charge is 0.478 e. The standard InChI is InChI=1S/C9H8BrNO2S/c10-7-3-4-8(11-6-7)14-5-1-2-9(12)13/h1-4,6H,5H2,(H,12,13). The summed E-state index contributed by atoms with van der Waals surface area (Å²) in [6, 6.07) is 3.78. The third kappa shape index (κ3) is 4.43. The molecule has 0 unspecified atom stereocenters. The van der Waals surface area contributed by atoms with Crippen LogP contribution in [0.1, 0.15) is 0 Å². The van der Waals surface area contributed by atoms with Crippen molar-refractivity contribution in [2.75, 3.05) is 5.75 Å². The second-order valence-electron chi connectivity index (χ2n) is 2.37. The summed E-state index contributed by atoms with van der Waals surface area (Å²) in [6.45, 7) is 0. The zero-order valence-corrected chi connectivity index (χ0v) is 9.59. The molecular formula is C9H8BrNO2S. The minimum Gasteiger partial charge on any atom is -0.478 e. The fraction of sp³-hybridized carbons (Fsp3) is 0.111. The van der Waals surface area contributed by atoms with Gasteiger partial charge in [0.2, 0.25) is 0 Å². The molecule has 0 aliphatic rings. The van der Waals surface area contributed by atoms with Crippen molar-refractivity contribution in [2.24, 2.45) is 0 Å². The van der Waals surface area contributed by atoms with Crippen molar-refractivity contribution < 1.29 is 9.90 Å². The smallest absolute Gasteiger partial charge is 0.328 e. The molecule has 0 saturated carbocycles. The Morgan fingerprint density at radius 3 is 3.00 bits per heavy atom. The fourth-order valence-electron chi connectivity index (χ4n) is 0.730. The number of aliphatic carboxylic acids is 1. The predicted octanol–water partition coefficient (Wildman–Crippen LogP) is 2.58. The van der Waals surface area contributed by atoms with Gasteiger partial charge in [0.1, 0.15) is 0 Å². The number of halogens is 1. The first-order valence-corrected chi connectivity index (χ1v) is 5.60. The Kier molecular flexibility index (Phi) is 4.69. The van der Waals surface area contributed by atoms with Crippen LogP contribution in [0.15, 0.2) is 40.0 Å². The molecule has 0 fully saturated rings. The van der Waals surface area contributed by atoms with Gasteiger partial charge in [-0.1, -0.05) is 6.08 Å². The lowest BCUT2D eigenvalue weighted by Crippen LogP contribution is -1.86. The van der Waals surface area contributed by atoms with E-state index in [0.717, 1.165) is 15.6 Å². The number of carbonyl (C=O) groups is 1. The minimum atomic E-state index is -0.922. The van der Waals surface area contributed by atoms with Crippen LogP contribution in [-0.4, -0.2) is 21.8 Å². The molecule has 0 spiro atoms. The number of carboxylic acids is 1. The van der Waals surface area contributed by atoms with Crippen LogP contribution in [0.2, 0.25) is 0 Å². The highest BCUT2D eigenvalue weighted by Crippen LogP contribution is 2.17. The Morgan fingerprint density at radius 1 is 1.64 bits per heavy atom. The first-order valence-electron chi connectivity index (χ1n) is 3.82. The second kappa shape index (κ2) is 5.82. The normalized spacial score (nSPS) is 10.6. The molecule has 1 aromatic rings. The van der Waals surface area contributed by atoms with Gasteiger partial charge in [-0.2, -0.15) is 0 Å². The van der Waals surface area contributed by atoms with Crippen LogP contribution < -0.4 is 0 Å². The van der Waals surface area contributed by atoms with Gasteiger partial charge in [0, 0.05) is 22.5 Å². The summed E-state index contributed by atoms with van der Waals surface area (Å²) in [5, 5.41) is 9.21. The molecule has 0 aromatic carbocycles. The molecule has 74 valence electrons. The van der Waals surface area contributed by atoms with Gasteiger partial charge in [0.15, 0.2) is 0 Å². The van der Waals surface area contributed by atoms with Crippen LogP contribution in [0.4, 0.5) is 0 Å². The Morgan fingerprint density at radius 2 is 2.43 bits per heavy atom. The van der Waals surface area contributed by atoms with E-state index in [1.165, 1.54) is 11.8 Å². The van der Waals surface area contributed by atoms with Crippen molar-refractivity contribution in [1.82, 2.24) is 4.98 Å². The van der Waals surface area contributed by atoms with Gasteiger partial charge >= 0.3 is 5.97 Å². The van der Waals surface area contributed by atoms with Crippen LogP contribution in [-0.2, 0) is 4.79 Å². The highest BCUT2D eigenvalue weighted by Gasteiger charge is 1.93. The number of nitrogens with zero attached hydrogens (tertiary/aromatic N) is 1. The van der Waals surface area contributed by atoms with Crippen molar-refractivity contribution in [2.45, 2.75) is 5.03 Å². The van der Waals surface area contributed by atoms with Crippen molar-refractivity contribution in [3.05, 3.63) is 35.0 Å². The minimum absolute atomic E-state index is 0.612. The van der Waals surface area contributed by atoms with E-state index in [2.05, 4.69) is 20.9 Å². The maximum Gasteiger partial charge on any atom is 0.328 e. The summed E-state index contributed by atoms with van der Waals surface area (Å²) in [6.07, 6.45) is 4.44. The third-order valence-electron chi connectivity index (χ3n) is 1.29. The molecule has 1 heterocycles. The lowest BCUT2D eigenvalue weighted by Gasteiger charge is -1.96. The topological polar surface area (TPSA) is 50.2 Å². The van der Waals surface area contributed by atoms with Crippen LogP contribution >= 0.6 is 27.7 Å². The van der Waals surface area contributed by atoms with Gasteiger partial charge in [-0.05, 0) is 28.1 Å². The number of hydrogen-bond donors (Lipinski definition) is 1. The van der Waals surface area contributed by atoms with Crippen LogP contribution in [0, 0.1) is 0 Å². The van der Waals surface area contributed by atoms with Gasteiger partial charge in [-0.15, -0.1) is 11.8 Å². The average Bonchev–Trinajstić information content (AvgIpc) is 2.15. The van der Waals surface area contributed by atoms with Crippen molar-refractivity contribution >= 4 is 33.7 Å². The van der Waals surface area contributed by atoms with Crippen molar-refractivity contribution in [3.63, 3.8) is 0 Å². The SMILES string of the molecule is O=C(O)C=CCSc1ccc(Br)cn1. The van der Waals surface area contributed by atoms with E-state index >= 15 is 0 Å². The zero-order valence-electron chi connectivity index (χ0n) is 7.18. The van der Waals surface area contributed by atoms with E-state index in [-0.39, 0.29) is 0 Å². The molecule has 0 saturated heterocycles. The molecule has 1 rings (SSSR count). The van der Waals surface area contributed by atoms with E-state index in [9.17, 15) is 4.79 Å². The van der Waals surface area contributed by atoms with Gasteiger partial charge < -0.3 is 5.11 Å². The maximum atomic E-state index is 10.1. The molecular weight excluding hydrogens is 266 g/mol. The summed E-state index contributed by atoms with van der Waals surface area (Å²) in [5.74, 6) is -0.310. The van der Waals surface area contributed by atoms with E-state index < -0.39 is 5.97 Å². The van der Waals surface area contributed by atoms with E-state index in [4.69, 9.17) is 5.11 Å². The third-order valence-corrected chi connectivity index (χ3v) is 2.65. The lowest BCUT2D eigenvalue weighted by molar-refractivity contribution is -0.131. The predicted molar refractivity (Wildman–Crippen MR) is 59.4 cm³/mol. The van der Waals surface area contributed by atoms with Gasteiger partial charge in [-0.3, -0.25) is 0 Å². The summed E-state index contributed by atoms with van der Waals surface area (Å²) in [7, 11) is 0. The summed E-state index contributed by atoms with van der Waals surface area (Å²) in [5.41, 5.74) is 0.